The maximum Gasteiger partial charge on any atom is 0.162 e. The summed E-state index contributed by atoms with van der Waals surface area (Å²) >= 11 is -1.30. The molecule has 0 aliphatic heterocycles. The van der Waals surface area contributed by atoms with Crippen LogP contribution in [-0.4, -0.2) is 44.7 Å². The smallest absolute Gasteiger partial charge is 0.162 e. The first-order valence-corrected chi connectivity index (χ1v) is 13.2. The zero-order valence-corrected chi connectivity index (χ0v) is 17.8. The van der Waals surface area contributed by atoms with Gasteiger partial charge in [0.25, 0.3) is 0 Å². The molecule has 25 heavy (non-hydrogen) atoms. The van der Waals surface area contributed by atoms with Crippen molar-refractivity contribution in [2.24, 2.45) is 4.40 Å². The topological polar surface area (TPSA) is 75.4 Å². The van der Waals surface area contributed by atoms with E-state index >= 15 is 0 Å². The molecule has 0 N–H and O–H groups in total. The number of nitrogens with zero attached hydrogens (tertiary/aromatic N) is 4. The van der Waals surface area contributed by atoms with Crippen molar-refractivity contribution in [3.63, 3.8) is 0 Å². The average molecular weight is 381 g/mol. The van der Waals surface area contributed by atoms with E-state index in [4.69, 9.17) is 4.74 Å². The lowest BCUT2D eigenvalue weighted by Crippen LogP contribution is -2.25. The summed E-state index contributed by atoms with van der Waals surface area (Å²) in [5.74, 6) is 0. The molecule has 1 unspecified atom stereocenters. The van der Waals surface area contributed by atoms with Crippen molar-refractivity contribution in [2.75, 3.05) is 6.61 Å². The highest BCUT2D eigenvalue weighted by atomic mass is 32.2. The first-order valence-electron chi connectivity index (χ1n) is 8.42. The molecule has 0 bridgehead atoms. The van der Waals surface area contributed by atoms with Crippen molar-refractivity contribution in [1.29, 1.82) is 0 Å². The van der Waals surface area contributed by atoms with Gasteiger partial charge in [-0.2, -0.15) is 0 Å². The molecule has 0 aromatic carbocycles. The van der Waals surface area contributed by atoms with Crippen LogP contribution < -0.4 is 0 Å². The fraction of sp³-hybridized carbons (Fsp3) is 0.588. The van der Waals surface area contributed by atoms with Crippen LogP contribution in [0.15, 0.2) is 22.9 Å². The molecule has 0 radical (unpaired) electrons. The number of pyridine rings is 1. The molecule has 1 atom stereocenters. The normalized spacial score (nSPS) is 14.5. The van der Waals surface area contributed by atoms with E-state index in [-0.39, 0.29) is 4.75 Å². The highest BCUT2D eigenvalue weighted by molar-refractivity contribution is 7.91. The Bertz CT molecular complexity index is 734. The minimum absolute atomic E-state index is 0.382. The van der Waals surface area contributed by atoms with Crippen molar-refractivity contribution in [3.05, 3.63) is 24.2 Å². The van der Waals surface area contributed by atoms with Gasteiger partial charge in [0.1, 0.15) is 34.6 Å². The number of hydrogen-bond acceptors (Lipinski definition) is 5. The SMILES string of the molecule is CC(C)(C)[S+]([O-])N=Cc1ccc2ncn(COCC[Si](C)(C)C)c2n1. The van der Waals surface area contributed by atoms with Gasteiger partial charge < -0.3 is 9.29 Å². The summed E-state index contributed by atoms with van der Waals surface area (Å²) in [4.78, 5) is 8.91. The standard InChI is InChI=1S/C17H28N4O2SSi/c1-17(2,3)24(22)19-11-14-7-8-15-16(20-14)21(12-18-15)13-23-9-10-25(4,5)6/h7-8,11-12H,9-10,13H2,1-6H3. The fourth-order valence-electron chi connectivity index (χ4n) is 1.92. The second-order valence-corrected chi connectivity index (χ2v) is 15.8. The minimum atomic E-state index is -1.30. The van der Waals surface area contributed by atoms with E-state index in [9.17, 15) is 4.55 Å². The number of rotatable bonds is 7. The number of hydrogen-bond donors (Lipinski definition) is 0. The van der Waals surface area contributed by atoms with Gasteiger partial charge in [0.2, 0.25) is 0 Å². The van der Waals surface area contributed by atoms with Crippen molar-refractivity contribution in [2.45, 2.75) is 57.9 Å². The molecule has 138 valence electrons. The van der Waals surface area contributed by atoms with Gasteiger partial charge in [-0.3, -0.25) is 4.57 Å². The first kappa shape index (κ1) is 20.1. The Labute approximate surface area is 154 Å². The molecule has 0 aliphatic rings. The number of ether oxygens (including phenoxy) is 1. The molecule has 0 aliphatic carbocycles. The largest absolute Gasteiger partial charge is 0.591 e. The Morgan fingerprint density at radius 1 is 1.32 bits per heavy atom. The highest BCUT2D eigenvalue weighted by Crippen LogP contribution is 2.17. The molecule has 0 saturated carbocycles. The van der Waals surface area contributed by atoms with Gasteiger partial charge in [-0.25, -0.2) is 9.97 Å². The van der Waals surface area contributed by atoms with Crippen LogP contribution in [0.4, 0.5) is 0 Å². The van der Waals surface area contributed by atoms with E-state index < -0.39 is 19.4 Å². The summed E-state index contributed by atoms with van der Waals surface area (Å²) < 4.78 is 23.4. The van der Waals surface area contributed by atoms with Crippen LogP contribution in [0.2, 0.25) is 25.7 Å². The number of imidazole rings is 1. The van der Waals surface area contributed by atoms with E-state index in [0.717, 1.165) is 23.8 Å². The van der Waals surface area contributed by atoms with Crippen LogP contribution in [0.25, 0.3) is 11.2 Å². The first-order chi connectivity index (χ1) is 11.6. The monoisotopic (exact) mass is 380 g/mol. The van der Waals surface area contributed by atoms with Crippen LogP contribution in [0.5, 0.6) is 0 Å². The molecule has 0 saturated heterocycles. The maximum atomic E-state index is 12.0. The Morgan fingerprint density at radius 2 is 2.04 bits per heavy atom. The fourth-order valence-corrected chi connectivity index (χ4v) is 3.20. The van der Waals surface area contributed by atoms with E-state index in [1.165, 1.54) is 0 Å². The zero-order valence-electron chi connectivity index (χ0n) is 15.9. The molecule has 6 nitrogen and oxygen atoms in total. The predicted molar refractivity (Wildman–Crippen MR) is 107 cm³/mol. The van der Waals surface area contributed by atoms with E-state index in [2.05, 4.69) is 34.0 Å². The minimum Gasteiger partial charge on any atom is -0.591 e. The highest BCUT2D eigenvalue weighted by Gasteiger charge is 2.25. The summed E-state index contributed by atoms with van der Waals surface area (Å²) in [6, 6.07) is 4.85. The maximum absolute atomic E-state index is 12.0. The zero-order chi connectivity index (χ0) is 18.7. The third-order valence-corrected chi connectivity index (χ3v) is 6.56. The molecule has 0 fully saturated rings. The van der Waals surface area contributed by atoms with Gasteiger partial charge in [-0.15, -0.1) is 0 Å². The van der Waals surface area contributed by atoms with Gasteiger partial charge in [0.05, 0.1) is 12.0 Å². The van der Waals surface area contributed by atoms with Gasteiger partial charge in [0.15, 0.2) is 5.65 Å². The van der Waals surface area contributed by atoms with Crippen LogP contribution in [0.3, 0.4) is 0 Å². The Balaban J connectivity index is 2.07. The molecule has 2 rings (SSSR count). The van der Waals surface area contributed by atoms with Gasteiger partial charge >= 0.3 is 0 Å². The number of aromatic nitrogens is 3. The molecular formula is C17H28N4O2SSi. The summed E-state index contributed by atoms with van der Waals surface area (Å²) in [6.07, 6.45) is 3.30. The third kappa shape index (κ3) is 6.21. The van der Waals surface area contributed by atoms with E-state index in [1.54, 1.807) is 12.5 Å². The van der Waals surface area contributed by atoms with Crippen LogP contribution in [-0.2, 0) is 22.8 Å². The Hall–Kier alpha value is -1.22. The molecule has 0 spiro atoms. The summed E-state index contributed by atoms with van der Waals surface area (Å²) in [6.45, 7) is 13.9. The molecular weight excluding hydrogens is 352 g/mol. The lowest BCUT2D eigenvalue weighted by atomic mass is 10.3. The molecule has 0 amide bonds. The summed E-state index contributed by atoms with van der Waals surface area (Å²) in [5, 5.41) is 0. The third-order valence-electron chi connectivity index (χ3n) is 3.52. The second-order valence-electron chi connectivity index (χ2n) is 8.24. The second kappa shape index (κ2) is 7.99. The molecule has 2 aromatic rings. The Morgan fingerprint density at radius 3 is 2.68 bits per heavy atom. The quantitative estimate of drug-likeness (QED) is 0.318. The lowest BCUT2D eigenvalue weighted by molar-refractivity contribution is 0.0895. The van der Waals surface area contributed by atoms with Crippen LogP contribution >= 0.6 is 0 Å². The van der Waals surface area contributed by atoms with E-state index in [1.807, 2.05) is 37.5 Å². The van der Waals surface area contributed by atoms with Crippen molar-refractivity contribution in [3.8, 4) is 0 Å². The number of fused-ring (bicyclic) bond motifs is 1. The van der Waals surface area contributed by atoms with Gasteiger partial charge in [-0.1, -0.05) is 24.0 Å². The molecule has 8 heteroatoms. The van der Waals surface area contributed by atoms with Gasteiger partial charge in [0, 0.05) is 14.7 Å². The van der Waals surface area contributed by atoms with Crippen molar-refractivity contribution >= 4 is 36.8 Å². The lowest BCUT2D eigenvalue weighted by Gasteiger charge is -2.17. The van der Waals surface area contributed by atoms with Crippen LogP contribution in [0, 0.1) is 0 Å². The van der Waals surface area contributed by atoms with Gasteiger partial charge in [-0.05, 0) is 38.9 Å². The molecule has 2 heterocycles. The van der Waals surface area contributed by atoms with E-state index in [0.29, 0.717) is 12.4 Å². The summed E-state index contributed by atoms with van der Waals surface area (Å²) in [7, 11) is -1.09. The summed E-state index contributed by atoms with van der Waals surface area (Å²) in [5.41, 5.74) is 2.22. The predicted octanol–water partition coefficient (Wildman–Crippen LogP) is 3.62. The van der Waals surface area contributed by atoms with Crippen molar-refractivity contribution < 1.29 is 9.29 Å². The molecule has 2 aromatic heterocycles. The van der Waals surface area contributed by atoms with Crippen LogP contribution in [0.1, 0.15) is 26.5 Å². The van der Waals surface area contributed by atoms with Crippen molar-refractivity contribution in [1.82, 2.24) is 14.5 Å². The Kier molecular flexibility index (Phi) is 6.42. The average Bonchev–Trinajstić information content (AvgIpc) is 2.89.